The Kier molecular flexibility index (Phi) is 9.60. The van der Waals surface area contributed by atoms with Gasteiger partial charge >= 0.3 is 0 Å². The third-order valence-electron chi connectivity index (χ3n) is 0.574. The molecule has 0 aromatic carbocycles. The molecule has 0 aromatic heterocycles. The lowest BCUT2D eigenvalue weighted by Gasteiger charge is -1.89. The van der Waals surface area contributed by atoms with Crippen LogP contribution in [-0.4, -0.2) is 11.9 Å². The lowest BCUT2D eigenvalue weighted by Crippen LogP contribution is -2.37. The quantitative estimate of drug-likeness (QED) is 0.0780. The van der Waals surface area contributed by atoms with Gasteiger partial charge in [0, 0.05) is 0 Å². The van der Waals surface area contributed by atoms with Crippen LogP contribution in [0.4, 0.5) is 0 Å². The van der Waals surface area contributed by atoms with Crippen LogP contribution in [0.3, 0.4) is 0 Å². The SMILES string of the molecule is NN=C(N)NN.NN=C(N)NN. The van der Waals surface area contributed by atoms with E-state index in [4.69, 9.17) is 23.2 Å². The van der Waals surface area contributed by atoms with Crippen molar-refractivity contribution in [1.82, 2.24) is 10.9 Å². The van der Waals surface area contributed by atoms with E-state index >= 15 is 0 Å². The van der Waals surface area contributed by atoms with Gasteiger partial charge in [0.15, 0.2) is 0 Å². The number of hydrogen-bond donors (Lipinski definition) is 8. The highest BCUT2D eigenvalue weighted by atomic mass is 15.3. The van der Waals surface area contributed by atoms with Crippen LogP contribution >= 0.6 is 0 Å². The summed E-state index contributed by atoms with van der Waals surface area (Å²) in [6.45, 7) is 0. The van der Waals surface area contributed by atoms with Gasteiger partial charge in [-0.25, -0.2) is 11.7 Å². The highest BCUT2D eigenvalue weighted by molar-refractivity contribution is 5.76. The van der Waals surface area contributed by atoms with Crippen LogP contribution in [0, 0.1) is 0 Å². The minimum atomic E-state index is 0.0231. The van der Waals surface area contributed by atoms with Crippen LogP contribution in [-0.2, 0) is 0 Å². The van der Waals surface area contributed by atoms with Gasteiger partial charge in [0.2, 0.25) is 11.9 Å². The number of hydrazine groups is 2. The molecule has 0 saturated carbocycles. The Labute approximate surface area is 68.9 Å². The molecule has 0 bridgehead atoms. The number of guanidine groups is 2. The van der Waals surface area contributed by atoms with Crippen molar-refractivity contribution in [1.29, 1.82) is 0 Å². The van der Waals surface area contributed by atoms with E-state index in [1.165, 1.54) is 0 Å². The summed E-state index contributed by atoms with van der Waals surface area (Å²) in [7, 11) is 0. The summed E-state index contributed by atoms with van der Waals surface area (Å²) in [4.78, 5) is 0. The molecule has 0 fully saturated rings. The van der Waals surface area contributed by atoms with Gasteiger partial charge in [-0.15, -0.1) is 10.2 Å². The van der Waals surface area contributed by atoms with Gasteiger partial charge in [-0.3, -0.25) is 10.9 Å². The maximum Gasteiger partial charge on any atom is 0.224 e. The fourth-order valence-corrected chi connectivity index (χ4v) is 0.0745. The molecule has 0 rings (SSSR count). The van der Waals surface area contributed by atoms with Crippen molar-refractivity contribution in [2.75, 3.05) is 0 Å². The first kappa shape index (κ1) is 12.7. The lowest BCUT2D eigenvalue weighted by molar-refractivity contribution is 0.986. The molecule has 0 saturated heterocycles. The van der Waals surface area contributed by atoms with Gasteiger partial charge in [0.25, 0.3) is 0 Å². The topological polar surface area (TPSA) is 205 Å². The average molecular weight is 178 g/mol. The fourth-order valence-electron chi connectivity index (χ4n) is 0.0745. The third kappa shape index (κ3) is 10.9. The molecule has 0 aliphatic heterocycles. The maximum atomic E-state index is 4.86. The van der Waals surface area contributed by atoms with E-state index in [2.05, 4.69) is 21.9 Å². The van der Waals surface area contributed by atoms with Crippen molar-refractivity contribution >= 4 is 11.9 Å². The third-order valence-corrected chi connectivity index (χ3v) is 0.574. The number of hydrazone groups is 2. The molecule has 10 heteroatoms. The van der Waals surface area contributed by atoms with Gasteiger partial charge in [-0.05, 0) is 0 Å². The molecular formula is C2H14N10. The highest BCUT2D eigenvalue weighted by Crippen LogP contribution is 1.39. The van der Waals surface area contributed by atoms with E-state index in [-0.39, 0.29) is 11.9 Å². The molecule has 0 aliphatic rings. The second kappa shape index (κ2) is 9.06. The van der Waals surface area contributed by atoms with Crippen molar-refractivity contribution in [2.24, 2.45) is 45.0 Å². The molecule has 0 unspecified atom stereocenters. The lowest BCUT2D eigenvalue weighted by atomic mass is 11.1. The molecule has 0 spiro atoms. The Morgan fingerprint density at radius 1 is 0.833 bits per heavy atom. The predicted molar refractivity (Wildman–Crippen MR) is 46.3 cm³/mol. The summed E-state index contributed by atoms with van der Waals surface area (Å²) in [5, 5.41) is 5.93. The molecule has 0 heterocycles. The number of nitrogens with one attached hydrogen (secondary N) is 2. The van der Waals surface area contributed by atoms with E-state index in [0.717, 1.165) is 0 Å². The number of hydrogen-bond acceptors (Lipinski definition) is 6. The monoisotopic (exact) mass is 178 g/mol. The van der Waals surface area contributed by atoms with E-state index in [1.807, 2.05) is 10.9 Å². The highest BCUT2D eigenvalue weighted by Gasteiger charge is 1.73. The largest absolute Gasteiger partial charge is 0.367 e. The van der Waals surface area contributed by atoms with E-state index in [1.54, 1.807) is 0 Å². The zero-order valence-electron chi connectivity index (χ0n) is 6.36. The first-order chi connectivity index (χ1) is 5.62. The molecule has 10 nitrogen and oxygen atoms in total. The number of nitrogens with zero attached hydrogens (tertiary/aromatic N) is 2. The van der Waals surface area contributed by atoms with Crippen molar-refractivity contribution < 1.29 is 0 Å². The fraction of sp³-hybridized carbons (Fsp3) is 0. The Bertz CT molecular complexity index is 128. The van der Waals surface area contributed by atoms with Crippen LogP contribution in [0.5, 0.6) is 0 Å². The van der Waals surface area contributed by atoms with Crippen molar-refractivity contribution in [3.05, 3.63) is 0 Å². The van der Waals surface area contributed by atoms with Gasteiger partial charge < -0.3 is 23.2 Å². The van der Waals surface area contributed by atoms with Crippen molar-refractivity contribution in [3.8, 4) is 0 Å². The van der Waals surface area contributed by atoms with Crippen LogP contribution in [0.1, 0.15) is 0 Å². The Hall–Kier alpha value is -1.94. The maximum absolute atomic E-state index is 4.86. The summed E-state index contributed by atoms with van der Waals surface area (Å²) in [6, 6.07) is 0. The zero-order chi connectivity index (χ0) is 9.98. The van der Waals surface area contributed by atoms with Gasteiger partial charge in [-0.2, -0.15) is 0 Å². The smallest absolute Gasteiger partial charge is 0.224 e. The second-order valence-electron chi connectivity index (χ2n) is 1.32. The van der Waals surface area contributed by atoms with Crippen LogP contribution in [0.15, 0.2) is 10.2 Å². The Morgan fingerprint density at radius 3 is 1.08 bits per heavy atom. The Morgan fingerprint density at radius 2 is 1.08 bits per heavy atom. The molecule has 0 aromatic rings. The predicted octanol–water partition coefficient (Wildman–Crippen LogP) is -4.72. The zero-order valence-corrected chi connectivity index (χ0v) is 6.36. The van der Waals surface area contributed by atoms with Crippen LogP contribution in [0.2, 0.25) is 0 Å². The Balaban J connectivity index is 0. The minimum absolute atomic E-state index is 0.0231. The van der Waals surface area contributed by atoms with Crippen molar-refractivity contribution in [3.63, 3.8) is 0 Å². The standard InChI is InChI=1S/2CH7N5/c2*2-1(5-3)6-4/h2*3-4H2,(H3,2,5,6). The molecule has 12 heavy (non-hydrogen) atoms. The summed E-state index contributed by atoms with van der Waals surface area (Å²) in [5.74, 6) is 18.6. The molecule has 14 N–H and O–H groups in total. The van der Waals surface area contributed by atoms with Crippen LogP contribution in [0.25, 0.3) is 0 Å². The van der Waals surface area contributed by atoms with Crippen LogP contribution < -0.4 is 45.7 Å². The molecule has 0 atom stereocenters. The first-order valence-electron chi connectivity index (χ1n) is 2.62. The van der Waals surface area contributed by atoms with Gasteiger partial charge in [-0.1, -0.05) is 0 Å². The molecule has 0 radical (unpaired) electrons. The second-order valence-corrected chi connectivity index (χ2v) is 1.32. The molecule has 72 valence electrons. The molecule has 0 aliphatic carbocycles. The summed E-state index contributed by atoms with van der Waals surface area (Å²) in [6.07, 6.45) is 0. The summed E-state index contributed by atoms with van der Waals surface area (Å²) in [5.41, 5.74) is 13.8. The first-order valence-corrected chi connectivity index (χ1v) is 2.62. The van der Waals surface area contributed by atoms with Gasteiger partial charge in [0.05, 0.1) is 0 Å². The summed E-state index contributed by atoms with van der Waals surface area (Å²) < 4.78 is 0. The average Bonchev–Trinajstić information content (AvgIpc) is 2.16. The normalized spacial score (nSPS) is 11.2. The van der Waals surface area contributed by atoms with E-state index in [0.29, 0.717) is 0 Å². The van der Waals surface area contributed by atoms with E-state index in [9.17, 15) is 0 Å². The number of rotatable bonds is 0. The minimum Gasteiger partial charge on any atom is -0.367 e. The van der Waals surface area contributed by atoms with Crippen molar-refractivity contribution in [2.45, 2.75) is 0 Å². The van der Waals surface area contributed by atoms with E-state index < -0.39 is 0 Å². The van der Waals surface area contributed by atoms with Gasteiger partial charge in [0.1, 0.15) is 0 Å². The molecule has 0 amide bonds. The molecular weight excluding hydrogens is 164 g/mol. The number of nitrogens with two attached hydrogens (primary N) is 6. The summed E-state index contributed by atoms with van der Waals surface area (Å²) >= 11 is 0.